The lowest BCUT2D eigenvalue weighted by Gasteiger charge is -2.09. The van der Waals surface area contributed by atoms with Crippen LogP contribution in [-0.4, -0.2) is 19.9 Å². The molecule has 0 saturated heterocycles. The molecule has 0 aliphatic heterocycles. The number of nitrogens with zero attached hydrogens (tertiary/aromatic N) is 3. The monoisotopic (exact) mass is 337 g/mol. The molecule has 2 aromatic heterocycles. The van der Waals surface area contributed by atoms with Crippen LogP contribution < -0.4 is 5.32 Å². The number of hydrogen-bond donors (Lipinski definition) is 2. The Labute approximate surface area is 149 Å². The lowest BCUT2D eigenvalue weighted by Crippen LogP contribution is -2.00. The van der Waals surface area contributed by atoms with Crippen molar-refractivity contribution < 1.29 is 0 Å². The number of hydrogen-bond acceptors (Lipinski definition) is 4. The maximum absolute atomic E-state index is 4.75. The van der Waals surface area contributed by atoms with Crippen LogP contribution in [-0.2, 0) is 0 Å². The van der Waals surface area contributed by atoms with Gasteiger partial charge in [-0.15, -0.1) is 0 Å². The number of aromatic nitrogens is 4. The molecular weight excluding hydrogens is 322 g/mol. The van der Waals surface area contributed by atoms with Crippen molar-refractivity contribution in [3.8, 4) is 11.4 Å². The molecule has 124 valence electrons. The van der Waals surface area contributed by atoms with Crippen molar-refractivity contribution in [3.05, 3.63) is 78.9 Å². The number of rotatable bonds is 3. The van der Waals surface area contributed by atoms with Crippen LogP contribution in [0.15, 0.2) is 78.9 Å². The van der Waals surface area contributed by atoms with Crippen molar-refractivity contribution in [1.82, 2.24) is 19.9 Å². The summed E-state index contributed by atoms with van der Waals surface area (Å²) in [5.41, 5.74) is 3.76. The minimum Gasteiger partial charge on any atom is -0.324 e. The van der Waals surface area contributed by atoms with Crippen LogP contribution in [0.2, 0.25) is 0 Å². The summed E-state index contributed by atoms with van der Waals surface area (Å²) >= 11 is 0. The minimum atomic E-state index is 0.661. The van der Waals surface area contributed by atoms with E-state index in [0.29, 0.717) is 11.8 Å². The molecule has 5 rings (SSSR count). The summed E-state index contributed by atoms with van der Waals surface area (Å²) in [6, 6.07) is 25.9. The first kappa shape index (κ1) is 14.6. The van der Waals surface area contributed by atoms with E-state index in [1.54, 1.807) is 0 Å². The van der Waals surface area contributed by atoms with Crippen molar-refractivity contribution in [2.75, 3.05) is 5.32 Å². The Morgan fingerprint density at radius 3 is 2.23 bits per heavy atom. The summed E-state index contributed by atoms with van der Waals surface area (Å²) in [5, 5.41) is 4.28. The average Bonchev–Trinajstić information content (AvgIpc) is 3.11. The highest BCUT2D eigenvalue weighted by Gasteiger charge is 2.11. The Balaban J connectivity index is 1.65. The number of benzene rings is 3. The molecule has 2 heterocycles. The van der Waals surface area contributed by atoms with Crippen LogP contribution in [0.3, 0.4) is 0 Å². The molecule has 0 atom stereocenters. The molecular formula is C21H15N5. The van der Waals surface area contributed by atoms with E-state index >= 15 is 0 Å². The Morgan fingerprint density at radius 1 is 0.654 bits per heavy atom. The molecule has 26 heavy (non-hydrogen) atoms. The van der Waals surface area contributed by atoms with Crippen LogP contribution >= 0.6 is 0 Å². The third-order valence-corrected chi connectivity index (χ3v) is 4.26. The fourth-order valence-electron chi connectivity index (χ4n) is 3.01. The predicted octanol–water partition coefficient (Wildman–Crippen LogP) is 4.92. The minimum absolute atomic E-state index is 0.661. The highest BCUT2D eigenvalue weighted by atomic mass is 15.2. The molecule has 0 spiro atoms. The van der Waals surface area contributed by atoms with Gasteiger partial charge in [-0.1, -0.05) is 54.6 Å². The number of nitrogens with one attached hydrogen (secondary N) is 2. The first-order valence-corrected chi connectivity index (χ1v) is 8.41. The van der Waals surface area contributed by atoms with Gasteiger partial charge in [0.05, 0.1) is 16.6 Å². The summed E-state index contributed by atoms with van der Waals surface area (Å²) in [5.74, 6) is 2.07. The van der Waals surface area contributed by atoms with Crippen molar-refractivity contribution in [3.63, 3.8) is 0 Å². The summed E-state index contributed by atoms with van der Waals surface area (Å²) in [6.45, 7) is 0. The van der Waals surface area contributed by atoms with Gasteiger partial charge in [0.25, 0.3) is 0 Å². The molecule has 2 N–H and O–H groups in total. The van der Waals surface area contributed by atoms with E-state index in [-0.39, 0.29) is 0 Å². The number of fused-ring (bicyclic) bond motifs is 2. The third kappa shape index (κ3) is 2.56. The molecule has 5 aromatic rings. The molecule has 0 fully saturated rings. The van der Waals surface area contributed by atoms with E-state index in [4.69, 9.17) is 9.97 Å². The van der Waals surface area contributed by atoms with Crippen LogP contribution in [0.1, 0.15) is 0 Å². The second kappa shape index (κ2) is 5.97. The highest BCUT2D eigenvalue weighted by molar-refractivity contribution is 5.92. The molecule has 3 aromatic carbocycles. The van der Waals surface area contributed by atoms with E-state index in [9.17, 15) is 0 Å². The van der Waals surface area contributed by atoms with Crippen LogP contribution in [0.25, 0.3) is 33.3 Å². The Morgan fingerprint density at radius 2 is 1.38 bits per heavy atom. The van der Waals surface area contributed by atoms with Crippen LogP contribution in [0.5, 0.6) is 0 Å². The number of anilines is 2. The van der Waals surface area contributed by atoms with E-state index in [1.807, 2.05) is 78.9 Å². The fourth-order valence-corrected chi connectivity index (χ4v) is 3.01. The maximum atomic E-state index is 4.75. The SMILES string of the molecule is c1ccc(-c2nc(Nc3nc4ccccc4[nH]3)c3ccccc3n2)cc1. The van der Waals surface area contributed by atoms with Gasteiger partial charge in [0.15, 0.2) is 5.82 Å². The van der Waals surface area contributed by atoms with E-state index in [0.717, 1.165) is 33.3 Å². The standard InChI is InChI=1S/C21H15N5/c1-2-8-14(9-3-1)19-22-16-11-5-4-10-15(16)20(25-19)26-21-23-17-12-6-7-13-18(17)24-21/h1-13H,(H2,22,23,24,25,26). The molecule has 0 aliphatic carbocycles. The van der Waals surface area contributed by atoms with Gasteiger partial charge in [0.2, 0.25) is 5.95 Å². The lowest BCUT2D eigenvalue weighted by atomic mass is 10.2. The second-order valence-electron chi connectivity index (χ2n) is 6.01. The molecule has 0 saturated carbocycles. The Kier molecular flexibility index (Phi) is 3.35. The molecule has 5 nitrogen and oxygen atoms in total. The summed E-state index contributed by atoms with van der Waals surface area (Å²) in [4.78, 5) is 17.3. The van der Waals surface area contributed by atoms with Crippen molar-refractivity contribution >= 4 is 33.7 Å². The lowest BCUT2D eigenvalue weighted by molar-refractivity contribution is 1.20. The van der Waals surface area contributed by atoms with E-state index in [2.05, 4.69) is 15.3 Å². The van der Waals surface area contributed by atoms with Crippen molar-refractivity contribution in [1.29, 1.82) is 0 Å². The summed E-state index contributed by atoms with van der Waals surface area (Å²) < 4.78 is 0. The molecule has 0 radical (unpaired) electrons. The molecule has 0 unspecified atom stereocenters. The zero-order chi connectivity index (χ0) is 17.3. The molecule has 0 amide bonds. The second-order valence-corrected chi connectivity index (χ2v) is 6.01. The third-order valence-electron chi connectivity index (χ3n) is 4.26. The van der Waals surface area contributed by atoms with Crippen molar-refractivity contribution in [2.45, 2.75) is 0 Å². The number of para-hydroxylation sites is 3. The maximum Gasteiger partial charge on any atom is 0.206 e. The van der Waals surface area contributed by atoms with Gasteiger partial charge >= 0.3 is 0 Å². The smallest absolute Gasteiger partial charge is 0.206 e. The number of imidazole rings is 1. The zero-order valence-electron chi connectivity index (χ0n) is 13.8. The first-order chi connectivity index (χ1) is 12.9. The van der Waals surface area contributed by atoms with Gasteiger partial charge in [-0.3, -0.25) is 0 Å². The Bertz CT molecular complexity index is 1180. The van der Waals surface area contributed by atoms with Gasteiger partial charge in [-0.05, 0) is 24.3 Å². The molecule has 0 aliphatic rings. The average molecular weight is 337 g/mol. The van der Waals surface area contributed by atoms with Crippen molar-refractivity contribution in [2.24, 2.45) is 0 Å². The largest absolute Gasteiger partial charge is 0.324 e. The van der Waals surface area contributed by atoms with Crippen LogP contribution in [0.4, 0.5) is 11.8 Å². The number of H-pyrrole nitrogens is 1. The highest BCUT2D eigenvalue weighted by Crippen LogP contribution is 2.27. The summed E-state index contributed by atoms with van der Waals surface area (Å²) in [7, 11) is 0. The van der Waals surface area contributed by atoms with Gasteiger partial charge in [-0.2, -0.15) is 0 Å². The zero-order valence-corrected chi connectivity index (χ0v) is 13.8. The normalized spacial score (nSPS) is 11.1. The van der Waals surface area contributed by atoms with Gasteiger partial charge in [0, 0.05) is 10.9 Å². The predicted molar refractivity (Wildman–Crippen MR) is 104 cm³/mol. The van der Waals surface area contributed by atoms with Gasteiger partial charge < -0.3 is 10.3 Å². The quantitative estimate of drug-likeness (QED) is 0.490. The first-order valence-electron chi connectivity index (χ1n) is 8.41. The van der Waals surface area contributed by atoms with E-state index in [1.165, 1.54) is 0 Å². The Hall–Kier alpha value is -3.73. The fraction of sp³-hybridized carbons (Fsp3) is 0. The van der Waals surface area contributed by atoms with E-state index < -0.39 is 0 Å². The topological polar surface area (TPSA) is 66.5 Å². The van der Waals surface area contributed by atoms with Crippen LogP contribution in [0, 0.1) is 0 Å². The molecule has 0 bridgehead atoms. The van der Waals surface area contributed by atoms with Gasteiger partial charge in [0.1, 0.15) is 5.82 Å². The number of aromatic amines is 1. The molecule has 5 heteroatoms. The summed E-state index contributed by atoms with van der Waals surface area (Å²) in [6.07, 6.45) is 0. The van der Waals surface area contributed by atoms with Gasteiger partial charge in [-0.25, -0.2) is 15.0 Å².